The lowest BCUT2D eigenvalue weighted by atomic mass is 10.2. The smallest absolute Gasteiger partial charge is 0.256 e. The molecule has 0 bridgehead atoms. The molecular weight excluding hydrogens is 485 g/mol. The molecule has 36 heavy (non-hydrogen) atoms. The first-order valence-electron chi connectivity index (χ1n) is 12.0. The fourth-order valence-corrected chi connectivity index (χ4v) is 4.63. The predicted molar refractivity (Wildman–Crippen MR) is 138 cm³/mol. The van der Waals surface area contributed by atoms with Gasteiger partial charge in [-0.15, -0.1) is 0 Å². The number of likely N-dealkylation sites (tertiary alicyclic amines) is 1. The molecule has 2 aromatic heterocycles. The molecule has 1 amide bonds. The summed E-state index contributed by atoms with van der Waals surface area (Å²) in [5.41, 5.74) is 0.924. The van der Waals surface area contributed by atoms with Gasteiger partial charge in [0.2, 0.25) is 5.95 Å². The minimum Gasteiger partial charge on any atom is -0.354 e. The second-order valence-corrected chi connectivity index (χ2v) is 9.68. The fraction of sp³-hybridized carbons (Fsp3) is 0.417. The molecule has 190 valence electrons. The summed E-state index contributed by atoms with van der Waals surface area (Å²) in [6.45, 7) is 6.48. The van der Waals surface area contributed by atoms with Crippen molar-refractivity contribution in [1.29, 1.82) is 0 Å². The van der Waals surface area contributed by atoms with E-state index in [1.165, 1.54) is 12.1 Å². The molecule has 2 aliphatic heterocycles. The number of nitrogens with zero attached hydrogens (tertiary/aromatic N) is 6. The van der Waals surface area contributed by atoms with Gasteiger partial charge < -0.3 is 25.3 Å². The number of anilines is 4. The van der Waals surface area contributed by atoms with E-state index in [2.05, 4.69) is 42.7 Å². The summed E-state index contributed by atoms with van der Waals surface area (Å²) in [6, 6.07) is 8.23. The molecule has 0 radical (unpaired) electrons. The van der Waals surface area contributed by atoms with Crippen LogP contribution in [0.4, 0.5) is 27.8 Å². The molecule has 12 heteroatoms. The minimum absolute atomic E-state index is 0.0164. The van der Waals surface area contributed by atoms with Gasteiger partial charge >= 0.3 is 0 Å². The zero-order chi connectivity index (χ0) is 25.2. The van der Waals surface area contributed by atoms with Gasteiger partial charge in [0.25, 0.3) is 5.91 Å². The molecule has 0 saturated carbocycles. The number of nitrogens with one attached hydrogen (secondary N) is 3. The van der Waals surface area contributed by atoms with Crippen molar-refractivity contribution < 1.29 is 9.18 Å². The number of piperazine rings is 1. The topological polar surface area (TPSA) is 105 Å². The molecule has 0 aliphatic carbocycles. The molecule has 2 saturated heterocycles. The number of aromatic nitrogens is 4. The second-order valence-electron chi connectivity index (χ2n) is 9.27. The average molecular weight is 514 g/mol. The summed E-state index contributed by atoms with van der Waals surface area (Å²) in [6.07, 6.45) is 0.692. The highest BCUT2D eigenvalue weighted by molar-refractivity contribution is 6.31. The molecule has 1 aromatic carbocycles. The average Bonchev–Trinajstić information content (AvgIpc) is 3.49. The Balaban J connectivity index is 1.32. The second kappa shape index (κ2) is 10.3. The van der Waals surface area contributed by atoms with E-state index >= 15 is 0 Å². The summed E-state index contributed by atoms with van der Waals surface area (Å²) in [7, 11) is 2.11. The first-order valence-corrected chi connectivity index (χ1v) is 12.3. The van der Waals surface area contributed by atoms with Crippen molar-refractivity contribution in [2.75, 3.05) is 61.8 Å². The van der Waals surface area contributed by atoms with Crippen LogP contribution in [0.1, 0.15) is 22.5 Å². The number of likely N-dealkylation sites (N-methyl/N-ethyl adjacent to an activating group) is 1. The normalized spacial score (nSPS) is 18.5. The lowest BCUT2D eigenvalue weighted by molar-refractivity contribution is 0.0787. The minimum atomic E-state index is -0.687. The Morgan fingerprint density at radius 2 is 1.94 bits per heavy atom. The van der Waals surface area contributed by atoms with E-state index in [0.717, 1.165) is 37.7 Å². The number of hydrogen-bond acceptors (Lipinski definition) is 8. The largest absolute Gasteiger partial charge is 0.354 e. The van der Waals surface area contributed by atoms with Crippen molar-refractivity contribution in [3.63, 3.8) is 0 Å². The number of aromatic amines is 1. The summed E-state index contributed by atoms with van der Waals surface area (Å²) >= 11 is 5.87. The maximum Gasteiger partial charge on any atom is 0.256 e. The van der Waals surface area contributed by atoms with Gasteiger partial charge in [0, 0.05) is 63.1 Å². The van der Waals surface area contributed by atoms with E-state index in [1.807, 2.05) is 19.1 Å². The Hall–Kier alpha value is -3.44. The molecule has 1 atom stereocenters. The third-order valence-corrected chi connectivity index (χ3v) is 6.78. The van der Waals surface area contributed by atoms with Crippen molar-refractivity contribution in [1.82, 2.24) is 30.0 Å². The molecule has 2 fully saturated rings. The van der Waals surface area contributed by atoms with Crippen molar-refractivity contribution in [2.45, 2.75) is 19.4 Å². The van der Waals surface area contributed by atoms with Crippen LogP contribution in [0.2, 0.25) is 5.02 Å². The highest BCUT2D eigenvalue weighted by Gasteiger charge is 2.29. The van der Waals surface area contributed by atoms with Crippen molar-refractivity contribution in [2.24, 2.45) is 0 Å². The van der Waals surface area contributed by atoms with E-state index in [-0.39, 0.29) is 22.5 Å². The van der Waals surface area contributed by atoms with Gasteiger partial charge in [0.15, 0.2) is 11.6 Å². The summed E-state index contributed by atoms with van der Waals surface area (Å²) < 4.78 is 14.4. The Labute approximate surface area is 213 Å². The highest BCUT2D eigenvalue weighted by Crippen LogP contribution is 2.25. The highest BCUT2D eigenvalue weighted by atomic mass is 35.5. The zero-order valence-corrected chi connectivity index (χ0v) is 21.0. The molecule has 0 spiro atoms. The fourth-order valence-electron chi connectivity index (χ4n) is 4.46. The monoisotopic (exact) mass is 513 g/mol. The third-order valence-electron chi connectivity index (χ3n) is 6.49. The molecule has 5 rings (SSSR count). The van der Waals surface area contributed by atoms with Crippen LogP contribution in [-0.2, 0) is 0 Å². The number of aryl methyl sites for hydroxylation is 1. The Kier molecular flexibility index (Phi) is 6.92. The maximum atomic E-state index is 14.4. The number of amides is 1. The summed E-state index contributed by atoms with van der Waals surface area (Å²) in [4.78, 5) is 28.5. The van der Waals surface area contributed by atoms with E-state index in [1.54, 1.807) is 11.0 Å². The van der Waals surface area contributed by atoms with Crippen molar-refractivity contribution in [3.05, 3.63) is 52.4 Å². The number of carbonyl (C=O) groups excluding carboxylic acids is 1. The van der Waals surface area contributed by atoms with Gasteiger partial charge in [-0.1, -0.05) is 17.7 Å². The third kappa shape index (κ3) is 5.36. The quantitative estimate of drug-likeness (QED) is 0.462. The van der Waals surface area contributed by atoms with Gasteiger partial charge in [0.1, 0.15) is 11.6 Å². The maximum absolute atomic E-state index is 14.4. The molecule has 2 aliphatic rings. The zero-order valence-electron chi connectivity index (χ0n) is 20.3. The lowest BCUT2D eigenvalue weighted by Gasteiger charge is -2.33. The van der Waals surface area contributed by atoms with Crippen LogP contribution in [0.5, 0.6) is 0 Å². The molecule has 1 unspecified atom stereocenters. The number of halogens is 2. The molecule has 4 heterocycles. The van der Waals surface area contributed by atoms with Crippen LogP contribution < -0.4 is 15.5 Å². The number of H-pyrrole nitrogens is 1. The van der Waals surface area contributed by atoms with Crippen LogP contribution >= 0.6 is 11.6 Å². The summed E-state index contributed by atoms with van der Waals surface area (Å²) in [5.74, 6) is 1.52. The number of carbonyl (C=O) groups is 1. The van der Waals surface area contributed by atoms with Crippen molar-refractivity contribution in [3.8, 4) is 0 Å². The number of benzene rings is 1. The van der Waals surface area contributed by atoms with Gasteiger partial charge in [0.05, 0.1) is 10.6 Å². The van der Waals surface area contributed by atoms with E-state index in [9.17, 15) is 9.18 Å². The van der Waals surface area contributed by atoms with Crippen molar-refractivity contribution >= 4 is 40.9 Å². The molecular formula is C24H29ClFN9O. The first kappa shape index (κ1) is 24.3. The predicted octanol–water partition coefficient (Wildman–Crippen LogP) is 3.12. The van der Waals surface area contributed by atoms with E-state index < -0.39 is 5.82 Å². The van der Waals surface area contributed by atoms with E-state index in [0.29, 0.717) is 37.1 Å². The van der Waals surface area contributed by atoms with Crippen LogP contribution in [0.25, 0.3) is 0 Å². The SMILES string of the molecule is Cc1cc(Nc2cc(N3CCN(C)CC3)nc(NC3CCN(C(=O)c4cccc(Cl)c4F)C3)n2)n[nH]1. The number of rotatable bonds is 6. The Bertz CT molecular complexity index is 1240. The standard InChI is InChI=1S/C24H29ClFN9O/c1-15-12-20(32-31-15)28-19-13-21(34-10-8-33(2)9-11-34)30-24(29-19)27-16-6-7-35(14-16)23(36)17-4-3-5-18(25)22(17)26/h3-5,12-13,16H,6-11,14H2,1-2H3,(H3,27,28,29,30,31,32). The van der Waals surface area contributed by atoms with Crippen LogP contribution in [0, 0.1) is 12.7 Å². The van der Waals surface area contributed by atoms with Crippen LogP contribution in [0.3, 0.4) is 0 Å². The van der Waals surface area contributed by atoms with Crippen LogP contribution in [-0.4, -0.2) is 88.2 Å². The lowest BCUT2D eigenvalue weighted by Crippen LogP contribution is -2.45. The Morgan fingerprint density at radius 3 is 2.69 bits per heavy atom. The van der Waals surface area contributed by atoms with Gasteiger partial charge in [-0.2, -0.15) is 15.1 Å². The van der Waals surface area contributed by atoms with Crippen LogP contribution in [0.15, 0.2) is 30.3 Å². The van der Waals surface area contributed by atoms with Gasteiger partial charge in [-0.3, -0.25) is 9.89 Å². The molecule has 10 nitrogen and oxygen atoms in total. The molecule has 3 N–H and O–H groups in total. The van der Waals surface area contributed by atoms with Gasteiger partial charge in [-0.25, -0.2) is 4.39 Å². The molecule has 3 aromatic rings. The van der Waals surface area contributed by atoms with E-state index in [4.69, 9.17) is 16.6 Å². The van der Waals surface area contributed by atoms with Gasteiger partial charge in [-0.05, 0) is 32.5 Å². The first-order chi connectivity index (χ1) is 17.4. The Morgan fingerprint density at radius 1 is 1.14 bits per heavy atom. The summed E-state index contributed by atoms with van der Waals surface area (Å²) in [5, 5.41) is 13.7. The number of hydrogen-bond donors (Lipinski definition) is 3.